The molecule has 0 atom stereocenters. The van der Waals surface area contributed by atoms with E-state index in [4.69, 9.17) is 18.3 Å². The lowest BCUT2D eigenvalue weighted by Crippen LogP contribution is -2.44. The van der Waals surface area contributed by atoms with Gasteiger partial charge < -0.3 is 48.5 Å². The Hall–Kier alpha value is -5.31. The average molecular weight is 787 g/mol. The van der Waals surface area contributed by atoms with Crippen LogP contribution >= 0.6 is 15.9 Å². The third-order valence-electron chi connectivity index (χ3n) is 9.15. The first kappa shape index (κ1) is 37.4. The van der Waals surface area contributed by atoms with Gasteiger partial charge in [-0.15, -0.1) is 0 Å². The predicted octanol–water partition coefficient (Wildman–Crippen LogP) is 6.41. The molecule has 2 aliphatic rings. The predicted molar refractivity (Wildman–Crippen MR) is 210 cm³/mol. The summed E-state index contributed by atoms with van der Waals surface area (Å²) in [7, 11) is 7.56. The van der Waals surface area contributed by atoms with E-state index in [2.05, 4.69) is 65.2 Å². The zero-order valence-corrected chi connectivity index (χ0v) is 31.9. The normalized spacial score (nSPS) is 15.0. The number of nitrogens with one attached hydrogen (secondary N) is 2. The molecule has 7 rings (SSSR count). The van der Waals surface area contributed by atoms with Crippen LogP contribution in [0.2, 0.25) is 0 Å². The van der Waals surface area contributed by atoms with Gasteiger partial charge >= 0.3 is 0 Å². The lowest BCUT2D eigenvalue weighted by atomic mass is 10.2. The number of anilines is 4. The van der Waals surface area contributed by atoms with E-state index in [1.165, 1.54) is 0 Å². The first-order valence-corrected chi connectivity index (χ1v) is 18.1. The summed E-state index contributed by atoms with van der Waals surface area (Å²) in [6, 6.07) is 21.8. The Bertz CT molecular complexity index is 1990. The quantitative estimate of drug-likeness (QED) is 0.172. The fourth-order valence-corrected chi connectivity index (χ4v) is 6.38. The van der Waals surface area contributed by atoms with E-state index >= 15 is 0 Å². The minimum Gasteiger partial charge on any atom is -0.495 e. The van der Waals surface area contributed by atoms with E-state index in [9.17, 15) is 9.59 Å². The molecule has 2 aliphatic heterocycles. The van der Waals surface area contributed by atoms with Crippen LogP contribution < -0.4 is 29.9 Å². The Balaban J connectivity index is 0.000000185. The molecule has 0 spiro atoms. The van der Waals surface area contributed by atoms with Crippen molar-refractivity contribution in [3.63, 3.8) is 0 Å². The van der Waals surface area contributed by atoms with E-state index in [0.717, 1.165) is 80.8 Å². The summed E-state index contributed by atoms with van der Waals surface area (Å²) in [5, 5.41) is 5.79. The van der Waals surface area contributed by atoms with Crippen LogP contribution in [0.5, 0.6) is 11.5 Å². The molecule has 13 nitrogen and oxygen atoms in total. The van der Waals surface area contributed by atoms with Crippen molar-refractivity contribution >= 4 is 50.5 Å². The molecule has 278 valence electrons. The lowest BCUT2D eigenvalue weighted by molar-refractivity contribution is 0.0989. The fourth-order valence-electron chi connectivity index (χ4n) is 6.08. The van der Waals surface area contributed by atoms with Crippen molar-refractivity contribution in [2.45, 2.75) is 0 Å². The minimum atomic E-state index is -0.292. The number of piperazine rings is 2. The van der Waals surface area contributed by atoms with Crippen LogP contribution in [0, 0.1) is 0 Å². The Morgan fingerprint density at radius 2 is 1.11 bits per heavy atom. The number of hydrogen-bond donors (Lipinski definition) is 2. The number of hydrogen-bond acceptors (Lipinski definition) is 11. The highest BCUT2D eigenvalue weighted by atomic mass is 79.9. The van der Waals surface area contributed by atoms with Crippen molar-refractivity contribution in [1.29, 1.82) is 0 Å². The third kappa shape index (κ3) is 9.57. The fraction of sp³-hybridized carbons (Fsp3) is 0.308. The van der Waals surface area contributed by atoms with Crippen molar-refractivity contribution in [1.82, 2.24) is 14.8 Å². The summed E-state index contributed by atoms with van der Waals surface area (Å²) in [5.74, 6) is 2.18. The molecule has 2 amide bonds. The molecule has 0 unspecified atom stereocenters. The molecule has 2 aromatic carbocycles. The Morgan fingerprint density at radius 1 is 0.642 bits per heavy atom. The van der Waals surface area contributed by atoms with Gasteiger partial charge in [-0.05, 0) is 103 Å². The monoisotopic (exact) mass is 785 g/mol. The zero-order chi connectivity index (χ0) is 37.3. The number of halogens is 1. The van der Waals surface area contributed by atoms with E-state index in [0.29, 0.717) is 21.8 Å². The molecule has 5 aromatic rings. The van der Waals surface area contributed by atoms with Gasteiger partial charge in [0.1, 0.15) is 17.3 Å². The maximum atomic E-state index is 12.7. The van der Waals surface area contributed by atoms with Crippen molar-refractivity contribution in [3.8, 4) is 22.8 Å². The molecule has 0 aliphatic carbocycles. The van der Waals surface area contributed by atoms with Crippen LogP contribution in [0.25, 0.3) is 11.3 Å². The molecule has 3 aromatic heterocycles. The number of rotatable bonds is 9. The summed E-state index contributed by atoms with van der Waals surface area (Å²) < 4.78 is 22.6. The molecule has 14 heteroatoms. The summed E-state index contributed by atoms with van der Waals surface area (Å²) in [6.07, 6.45) is 3.38. The van der Waals surface area contributed by atoms with Gasteiger partial charge in [0.05, 0.1) is 25.6 Å². The summed E-state index contributed by atoms with van der Waals surface area (Å²) in [5.41, 5.74) is 4.26. The number of likely N-dealkylation sites (N-methyl/N-ethyl adjacent to an activating group) is 2. The second kappa shape index (κ2) is 17.5. The van der Waals surface area contributed by atoms with Gasteiger partial charge in [-0.25, -0.2) is 0 Å². The van der Waals surface area contributed by atoms with Gasteiger partial charge in [-0.2, -0.15) is 0 Å². The summed E-state index contributed by atoms with van der Waals surface area (Å²) in [4.78, 5) is 38.1. The number of methoxy groups -OCH3 is 2. The van der Waals surface area contributed by atoms with Crippen LogP contribution in [0.1, 0.15) is 21.1 Å². The molecule has 53 heavy (non-hydrogen) atoms. The number of carbonyl (C=O) groups is 2. The number of furan rings is 2. The molecule has 0 saturated carbocycles. The van der Waals surface area contributed by atoms with Crippen LogP contribution in [-0.4, -0.2) is 107 Å². The molecule has 2 saturated heterocycles. The van der Waals surface area contributed by atoms with Crippen LogP contribution in [0.4, 0.5) is 22.7 Å². The number of ether oxygens (including phenoxy) is 2. The number of aromatic nitrogens is 1. The van der Waals surface area contributed by atoms with Crippen LogP contribution in [0.3, 0.4) is 0 Å². The maximum Gasteiger partial charge on any atom is 0.291 e. The molecular weight excluding hydrogens is 742 g/mol. The molecule has 2 N–H and O–H groups in total. The summed E-state index contributed by atoms with van der Waals surface area (Å²) in [6.45, 7) is 7.66. The molecule has 0 bridgehead atoms. The Kier molecular flexibility index (Phi) is 12.3. The molecule has 0 radical (unpaired) electrons. The van der Waals surface area contributed by atoms with E-state index in [-0.39, 0.29) is 23.3 Å². The van der Waals surface area contributed by atoms with Gasteiger partial charge in [0.15, 0.2) is 16.2 Å². The first-order chi connectivity index (χ1) is 25.7. The van der Waals surface area contributed by atoms with Gasteiger partial charge in [0, 0.05) is 81.7 Å². The van der Waals surface area contributed by atoms with Crippen LogP contribution in [-0.2, 0) is 0 Å². The Morgan fingerprint density at radius 3 is 1.57 bits per heavy atom. The minimum absolute atomic E-state index is 0.258. The highest BCUT2D eigenvalue weighted by Gasteiger charge is 2.21. The number of carbonyl (C=O) groups excluding carboxylic acids is 2. The highest BCUT2D eigenvalue weighted by molar-refractivity contribution is 9.10. The maximum absolute atomic E-state index is 12.7. The number of pyridine rings is 1. The Labute approximate surface area is 317 Å². The second-order valence-corrected chi connectivity index (χ2v) is 13.5. The van der Waals surface area contributed by atoms with Gasteiger partial charge in [0.2, 0.25) is 0 Å². The lowest BCUT2D eigenvalue weighted by Gasteiger charge is -2.34. The van der Waals surface area contributed by atoms with Crippen molar-refractivity contribution in [2.75, 3.05) is 101 Å². The third-order valence-corrected chi connectivity index (χ3v) is 9.58. The first-order valence-electron chi connectivity index (χ1n) is 17.3. The highest BCUT2D eigenvalue weighted by Crippen LogP contribution is 2.34. The van der Waals surface area contributed by atoms with Crippen molar-refractivity contribution in [2.24, 2.45) is 0 Å². The van der Waals surface area contributed by atoms with Gasteiger partial charge in [-0.1, -0.05) is 0 Å². The summed E-state index contributed by atoms with van der Waals surface area (Å²) >= 11 is 3.20. The second-order valence-electron chi connectivity index (χ2n) is 12.8. The number of amides is 2. The van der Waals surface area contributed by atoms with Crippen LogP contribution in [0.15, 0.2) is 98.7 Å². The van der Waals surface area contributed by atoms with Crippen molar-refractivity contribution < 1.29 is 27.9 Å². The number of benzene rings is 2. The smallest absolute Gasteiger partial charge is 0.291 e. The van der Waals surface area contributed by atoms with E-state index < -0.39 is 0 Å². The van der Waals surface area contributed by atoms with E-state index in [1.54, 1.807) is 50.9 Å². The van der Waals surface area contributed by atoms with Gasteiger partial charge in [0.25, 0.3) is 11.8 Å². The molecular formula is C39H44BrN7O6. The zero-order valence-electron chi connectivity index (χ0n) is 30.3. The molecule has 2 fully saturated rings. The van der Waals surface area contributed by atoms with Gasteiger partial charge in [-0.3, -0.25) is 14.6 Å². The average Bonchev–Trinajstić information content (AvgIpc) is 3.86. The van der Waals surface area contributed by atoms with E-state index in [1.807, 2.05) is 48.5 Å². The largest absolute Gasteiger partial charge is 0.495 e. The SMILES string of the molecule is COc1ccc(NC(=O)c2ccc(-c3ccncc3)o2)cc1N1CCN(C)CC1.COc1ccc(NC(=O)c2ccc(Br)o2)cc1N1CCN(C)CC1. The standard InChI is InChI=1S/C22H24N4O3.C17H20BrN3O3/c1-25-11-13-26(14-12-25)18-15-17(3-4-20(18)28-2)24-22(27)21-6-5-19(29-21)16-7-9-23-10-8-16;1-20-7-9-21(10-8-20)13-11-12(3-4-14(13)23-2)19-17(22)15-5-6-16(18)24-15/h3-10,15H,11-14H2,1-2H3,(H,24,27);3-6,11H,7-10H2,1-2H3,(H,19,22). The van der Waals surface area contributed by atoms with Crippen molar-refractivity contribution in [3.05, 3.63) is 101 Å². The molecule has 5 heterocycles. The number of nitrogens with zero attached hydrogens (tertiary/aromatic N) is 5. The topological polar surface area (TPSA) is 129 Å².